The van der Waals surface area contributed by atoms with Crippen LogP contribution in [0.4, 0.5) is 0 Å². The average molecular weight is 238 g/mol. The number of rotatable bonds is 4. The van der Waals surface area contributed by atoms with Gasteiger partial charge in [0.25, 0.3) is 5.24 Å². The van der Waals surface area contributed by atoms with Gasteiger partial charge in [0.15, 0.2) is 4.33 Å². The second-order valence-electron chi connectivity index (χ2n) is 1.83. The predicted molar refractivity (Wildman–Crippen MR) is 45.4 cm³/mol. The van der Waals surface area contributed by atoms with Gasteiger partial charge < -0.3 is 0 Å². The molecule has 0 aliphatic rings. The van der Waals surface area contributed by atoms with E-state index in [4.69, 9.17) is 46.4 Å². The maximum atomic E-state index is 10.4. The number of halogens is 4. The van der Waals surface area contributed by atoms with Crippen molar-refractivity contribution < 1.29 is 9.59 Å². The summed E-state index contributed by atoms with van der Waals surface area (Å²) in [4.78, 5) is 20.6. The highest BCUT2D eigenvalue weighted by atomic mass is 35.5. The van der Waals surface area contributed by atoms with Crippen LogP contribution in [0.15, 0.2) is 0 Å². The molecule has 0 fully saturated rings. The molecule has 0 aromatic rings. The summed E-state index contributed by atoms with van der Waals surface area (Å²) < 4.78 is -1.70. The molecule has 0 aliphatic heterocycles. The topological polar surface area (TPSA) is 34.1 Å². The number of carbonyl (C=O) groups excluding carboxylic acids is 2. The van der Waals surface area contributed by atoms with Crippen molar-refractivity contribution in [2.75, 3.05) is 0 Å². The van der Waals surface area contributed by atoms with Crippen LogP contribution in [-0.4, -0.2) is 14.8 Å². The van der Waals surface area contributed by atoms with Crippen molar-refractivity contribution in [3.05, 3.63) is 0 Å². The molecule has 0 spiro atoms. The summed E-state index contributed by atoms with van der Waals surface area (Å²) in [6.45, 7) is 0. The van der Waals surface area contributed by atoms with Gasteiger partial charge >= 0.3 is 0 Å². The lowest BCUT2D eigenvalue weighted by molar-refractivity contribution is -0.113. The molecule has 2 nitrogen and oxygen atoms in total. The second kappa shape index (κ2) is 4.51. The van der Waals surface area contributed by atoms with Gasteiger partial charge in [-0.1, -0.05) is 23.2 Å². The van der Waals surface area contributed by atoms with Gasteiger partial charge in [-0.15, -0.1) is 0 Å². The Balaban J connectivity index is 3.92. The summed E-state index contributed by atoms with van der Waals surface area (Å²) in [5.41, 5.74) is 0. The first-order chi connectivity index (χ1) is 4.86. The van der Waals surface area contributed by atoms with Gasteiger partial charge in [-0.2, -0.15) is 0 Å². The lowest BCUT2D eigenvalue weighted by Crippen LogP contribution is -2.21. The van der Waals surface area contributed by atoms with Gasteiger partial charge in [-0.05, 0) is 29.6 Å². The summed E-state index contributed by atoms with van der Waals surface area (Å²) >= 11 is 20.8. The molecule has 0 saturated heterocycles. The van der Waals surface area contributed by atoms with Crippen LogP contribution in [0.25, 0.3) is 0 Å². The summed E-state index contributed by atoms with van der Waals surface area (Å²) in [5, 5.41) is -1.51. The van der Waals surface area contributed by atoms with Crippen LogP contribution in [0.3, 0.4) is 0 Å². The van der Waals surface area contributed by atoms with E-state index in [1.54, 1.807) is 0 Å². The highest BCUT2D eigenvalue weighted by Gasteiger charge is 2.32. The summed E-state index contributed by atoms with van der Waals surface area (Å²) in [5.74, 6) is 0. The quantitative estimate of drug-likeness (QED) is 0.556. The molecule has 0 amide bonds. The van der Waals surface area contributed by atoms with E-state index < -0.39 is 14.8 Å². The van der Waals surface area contributed by atoms with Crippen LogP contribution >= 0.6 is 46.4 Å². The summed E-state index contributed by atoms with van der Waals surface area (Å²) in [7, 11) is 0. The zero-order valence-corrected chi connectivity index (χ0v) is 8.27. The Labute approximate surface area is 83.7 Å². The number of alkyl halides is 2. The van der Waals surface area contributed by atoms with Gasteiger partial charge in [0, 0.05) is 6.42 Å². The Hall–Kier alpha value is 0.500. The zero-order chi connectivity index (χ0) is 9.07. The minimum atomic E-state index is -1.70. The highest BCUT2D eigenvalue weighted by molar-refractivity contribution is 6.78. The molecule has 6 heteroatoms. The van der Waals surface area contributed by atoms with Crippen LogP contribution in [0.2, 0.25) is 0 Å². The first-order valence-corrected chi connectivity index (χ1v) is 4.13. The molecule has 0 aliphatic carbocycles. The van der Waals surface area contributed by atoms with Crippen LogP contribution in [0.1, 0.15) is 12.8 Å². The Morgan fingerprint density at radius 3 is 1.91 bits per heavy atom. The maximum Gasteiger partial charge on any atom is 0.257 e. The van der Waals surface area contributed by atoms with Crippen LogP contribution in [-0.2, 0) is 9.59 Å². The van der Waals surface area contributed by atoms with E-state index in [0.717, 1.165) is 0 Å². The molecule has 64 valence electrons. The average Bonchev–Trinajstić information content (AvgIpc) is 1.84. The fraction of sp³-hybridized carbons (Fsp3) is 0.600. The molecule has 0 saturated carbocycles. The number of hydrogen-bond donors (Lipinski definition) is 0. The predicted octanol–water partition coefficient (Wildman–Crippen LogP) is 2.47. The lowest BCUT2D eigenvalue weighted by Gasteiger charge is -2.11. The van der Waals surface area contributed by atoms with E-state index in [-0.39, 0.29) is 12.8 Å². The minimum Gasteiger partial charge on any atom is -0.281 e. The first-order valence-electron chi connectivity index (χ1n) is 2.62. The number of carbonyl (C=O) groups is 2. The van der Waals surface area contributed by atoms with E-state index in [0.29, 0.717) is 0 Å². The van der Waals surface area contributed by atoms with E-state index in [1.165, 1.54) is 0 Å². The van der Waals surface area contributed by atoms with Crippen molar-refractivity contribution in [3.63, 3.8) is 0 Å². The first kappa shape index (κ1) is 11.5. The van der Waals surface area contributed by atoms with Crippen molar-refractivity contribution in [3.8, 4) is 0 Å². The van der Waals surface area contributed by atoms with Gasteiger partial charge in [0.2, 0.25) is 5.24 Å². The summed E-state index contributed by atoms with van der Waals surface area (Å²) in [6, 6.07) is 0. The Morgan fingerprint density at radius 1 is 1.18 bits per heavy atom. The monoisotopic (exact) mass is 236 g/mol. The second-order valence-corrected chi connectivity index (χ2v) is 4.08. The Morgan fingerprint density at radius 2 is 1.64 bits per heavy atom. The van der Waals surface area contributed by atoms with Crippen molar-refractivity contribution in [1.82, 2.24) is 0 Å². The van der Waals surface area contributed by atoms with Gasteiger partial charge in [0.05, 0.1) is 0 Å². The van der Waals surface area contributed by atoms with Gasteiger partial charge in [0.1, 0.15) is 0 Å². The van der Waals surface area contributed by atoms with Gasteiger partial charge in [-0.25, -0.2) is 0 Å². The zero-order valence-electron chi connectivity index (χ0n) is 5.24. The smallest absolute Gasteiger partial charge is 0.257 e. The molecule has 0 bridgehead atoms. The highest BCUT2D eigenvalue weighted by Crippen LogP contribution is 2.29. The molecule has 0 rings (SSSR count). The van der Waals surface area contributed by atoms with Crippen molar-refractivity contribution in [1.29, 1.82) is 0 Å². The SMILES string of the molecule is O=C(Cl)CCC(Cl)(Cl)C(=O)Cl. The standard InChI is InChI=1S/C5H4Cl4O2/c6-3(10)1-2-5(8,9)4(7)11/h1-2H2. The van der Waals surface area contributed by atoms with Crippen LogP contribution < -0.4 is 0 Å². The van der Waals surface area contributed by atoms with E-state index in [2.05, 4.69) is 0 Å². The van der Waals surface area contributed by atoms with E-state index in [9.17, 15) is 9.59 Å². The van der Waals surface area contributed by atoms with Gasteiger partial charge in [-0.3, -0.25) is 9.59 Å². The van der Waals surface area contributed by atoms with E-state index >= 15 is 0 Å². The molecule has 11 heavy (non-hydrogen) atoms. The largest absolute Gasteiger partial charge is 0.281 e. The van der Waals surface area contributed by atoms with Crippen molar-refractivity contribution in [2.24, 2.45) is 0 Å². The maximum absolute atomic E-state index is 10.4. The molecule has 0 aromatic carbocycles. The lowest BCUT2D eigenvalue weighted by atomic mass is 10.2. The minimum absolute atomic E-state index is 0.0687. The molecule has 0 radical (unpaired) electrons. The normalized spacial score (nSPS) is 11.3. The van der Waals surface area contributed by atoms with Crippen molar-refractivity contribution >= 4 is 56.9 Å². The third kappa shape index (κ3) is 4.86. The fourth-order valence-electron chi connectivity index (χ4n) is 0.354. The van der Waals surface area contributed by atoms with E-state index in [1.807, 2.05) is 0 Å². The third-order valence-electron chi connectivity index (χ3n) is 0.923. The Kier molecular flexibility index (Phi) is 4.71. The molecular formula is C5H4Cl4O2. The molecule has 0 N–H and O–H groups in total. The van der Waals surface area contributed by atoms with Crippen LogP contribution in [0, 0.1) is 0 Å². The molecule has 0 atom stereocenters. The summed E-state index contributed by atoms with van der Waals surface area (Å²) in [6.07, 6.45) is -0.145. The molecular weight excluding hydrogens is 234 g/mol. The third-order valence-corrected chi connectivity index (χ3v) is 2.35. The molecule has 0 unspecified atom stereocenters. The van der Waals surface area contributed by atoms with Crippen LogP contribution in [0.5, 0.6) is 0 Å². The number of hydrogen-bond acceptors (Lipinski definition) is 2. The van der Waals surface area contributed by atoms with Crippen molar-refractivity contribution in [2.45, 2.75) is 17.2 Å². The molecule has 0 aromatic heterocycles. The Bertz CT molecular complexity index is 177. The molecule has 0 heterocycles. The fourth-order valence-corrected chi connectivity index (χ4v) is 0.732.